The molecule has 36 heavy (non-hydrogen) atoms. The molecule has 3 rings (SSSR count). The Balaban J connectivity index is 1.69. The van der Waals surface area contributed by atoms with E-state index in [1.807, 2.05) is 32.0 Å². The molecule has 0 fully saturated rings. The first-order valence-corrected chi connectivity index (χ1v) is 12.7. The van der Waals surface area contributed by atoms with Crippen LogP contribution in [0.1, 0.15) is 37.8 Å². The van der Waals surface area contributed by atoms with Crippen molar-refractivity contribution >= 4 is 38.9 Å². The molecule has 2 N–H and O–H groups in total. The monoisotopic (exact) mass is 540 g/mol. The van der Waals surface area contributed by atoms with Gasteiger partial charge in [-0.2, -0.15) is 13.2 Å². The van der Waals surface area contributed by atoms with E-state index in [0.717, 1.165) is 17.7 Å². The predicted octanol–water partition coefficient (Wildman–Crippen LogP) is 6.69. The molecule has 0 heterocycles. The van der Waals surface area contributed by atoms with Gasteiger partial charge in [0, 0.05) is 11.4 Å². The van der Waals surface area contributed by atoms with Crippen molar-refractivity contribution in [3.8, 4) is 5.75 Å². The number of hydrogen-bond donors (Lipinski definition) is 2. The summed E-state index contributed by atoms with van der Waals surface area (Å²) in [5, 5.41) is 2.11. The van der Waals surface area contributed by atoms with E-state index < -0.39 is 38.8 Å². The lowest BCUT2D eigenvalue weighted by atomic mass is 10.0. The number of anilines is 2. The topological polar surface area (TPSA) is 84.5 Å². The minimum absolute atomic E-state index is 0.201. The van der Waals surface area contributed by atoms with Crippen LogP contribution in [0.2, 0.25) is 5.02 Å². The lowest BCUT2D eigenvalue weighted by Crippen LogP contribution is -2.30. The third kappa shape index (κ3) is 6.70. The number of hydrogen-bond acceptors (Lipinski definition) is 4. The normalized spacial score (nSPS) is 12.8. The molecule has 1 amide bonds. The Kier molecular flexibility index (Phi) is 8.20. The summed E-state index contributed by atoms with van der Waals surface area (Å²) in [6.07, 6.45) is -5.57. The number of para-hydroxylation sites is 1. The van der Waals surface area contributed by atoms with Crippen LogP contribution in [0.5, 0.6) is 5.75 Å². The number of alkyl halides is 3. The summed E-state index contributed by atoms with van der Waals surface area (Å²) in [7, 11) is -4.20. The third-order valence-corrected chi connectivity index (χ3v) is 6.90. The summed E-state index contributed by atoms with van der Waals surface area (Å²) < 4.78 is 72.4. The number of nitrogens with one attached hydrogen (secondary N) is 2. The molecule has 3 aromatic rings. The summed E-state index contributed by atoms with van der Waals surface area (Å²) in [4.78, 5) is 12.4. The maximum absolute atomic E-state index is 13.1. The third-order valence-electron chi connectivity index (χ3n) is 5.17. The average molecular weight is 541 g/mol. The van der Waals surface area contributed by atoms with E-state index in [2.05, 4.69) is 10.0 Å². The zero-order valence-corrected chi connectivity index (χ0v) is 21.1. The predicted molar refractivity (Wildman–Crippen MR) is 133 cm³/mol. The second-order valence-electron chi connectivity index (χ2n) is 8.26. The van der Waals surface area contributed by atoms with Gasteiger partial charge in [0.25, 0.3) is 15.9 Å². The van der Waals surface area contributed by atoms with Gasteiger partial charge < -0.3 is 10.1 Å². The zero-order valence-electron chi connectivity index (χ0n) is 19.6. The van der Waals surface area contributed by atoms with Crippen LogP contribution in [0, 0.1) is 0 Å². The first-order valence-electron chi connectivity index (χ1n) is 10.8. The minimum atomic E-state index is -4.74. The molecule has 192 valence electrons. The lowest BCUT2D eigenvalue weighted by Gasteiger charge is -2.18. The molecule has 0 aliphatic rings. The van der Waals surface area contributed by atoms with Crippen molar-refractivity contribution in [2.75, 3.05) is 10.0 Å². The molecule has 3 aromatic carbocycles. The highest BCUT2D eigenvalue weighted by Gasteiger charge is 2.33. The Morgan fingerprint density at radius 2 is 1.56 bits per heavy atom. The van der Waals surface area contributed by atoms with Gasteiger partial charge in [-0.3, -0.25) is 9.52 Å². The second-order valence-corrected chi connectivity index (χ2v) is 10.4. The van der Waals surface area contributed by atoms with Gasteiger partial charge in [0.05, 0.1) is 15.5 Å². The van der Waals surface area contributed by atoms with Crippen molar-refractivity contribution in [2.24, 2.45) is 0 Å². The standard InChI is InChI=1S/C25H24ClF3N2O4S/c1-15(2)20-6-4-5-7-23(20)35-16(3)24(32)30-17-8-11-19(12-9-17)36(33,34)31-18-10-13-22(26)21(14-18)25(27,28)29/h4-16,31H,1-3H3,(H,30,32)/t16-/m1/s1. The Bertz CT molecular complexity index is 1340. The van der Waals surface area contributed by atoms with Crippen LogP contribution in [0.15, 0.2) is 71.6 Å². The van der Waals surface area contributed by atoms with Gasteiger partial charge in [0.2, 0.25) is 0 Å². The number of ether oxygens (including phenoxy) is 1. The maximum atomic E-state index is 13.1. The number of benzene rings is 3. The Labute approximate surface area is 212 Å². The molecular formula is C25H24ClF3N2O4S. The first-order chi connectivity index (χ1) is 16.8. The Morgan fingerprint density at radius 1 is 0.944 bits per heavy atom. The molecule has 0 aliphatic heterocycles. The summed E-state index contributed by atoms with van der Waals surface area (Å²) in [5.41, 5.74) is -0.175. The number of sulfonamides is 1. The SMILES string of the molecule is CC(C)c1ccccc1O[C@H](C)C(=O)Nc1ccc(S(=O)(=O)Nc2ccc(Cl)c(C(F)(F)F)c2)cc1. The van der Waals surface area contributed by atoms with Crippen molar-refractivity contribution in [3.63, 3.8) is 0 Å². The van der Waals surface area contributed by atoms with E-state index in [4.69, 9.17) is 16.3 Å². The second kappa shape index (κ2) is 10.8. The summed E-state index contributed by atoms with van der Waals surface area (Å²) in [6.45, 7) is 5.62. The molecule has 0 radical (unpaired) electrons. The number of rotatable bonds is 8. The lowest BCUT2D eigenvalue weighted by molar-refractivity contribution is -0.137. The molecule has 0 aromatic heterocycles. The highest BCUT2D eigenvalue weighted by atomic mass is 35.5. The number of carbonyl (C=O) groups excluding carboxylic acids is 1. The highest BCUT2D eigenvalue weighted by molar-refractivity contribution is 7.92. The van der Waals surface area contributed by atoms with Crippen LogP contribution < -0.4 is 14.8 Å². The zero-order chi connectivity index (χ0) is 26.7. The fraction of sp³-hybridized carbons (Fsp3) is 0.240. The largest absolute Gasteiger partial charge is 0.481 e. The maximum Gasteiger partial charge on any atom is 0.417 e. The van der Waals surface area contributed by atoms with Crippen LogP contribution in [-0.4, -0.2) is 20.4 Å². The fourth-order valence-corrected chi connectivity index (χ4v) is 4.56. The molecule has 0 bridgehead atoms. The van der Waals surface area contributed by atoms with Gasteiger partial charge in [-0.1, -0.05) is 43.6 Å². The van der Waals surface area contributed by atoms with E-state index in [9.17, 15) is 26.4 Å². The highest BCUT2D eigenvalue weighted by Crippen LogP contribution is 2.36. The van der Waals surface area contributed by atoms with Crippen LogP contribution in [0.4, 0.5) is 24.5 Å². The van der Waals surface area contributed by atoms with Gasteiger partial charge in [0.15, 0.2) is 6.10 Å². The van der Waals surface area contributed by atoms with E-state index >= 15 is 0 Å². The minimum Gasteiger partial charge on any atom is -0.481 e. The number of amides is 1. The van der Waals surface area contributed by atoms with Crippen LogP contribution in [0.25, 0.3) is 0 Å². The molecule has 0 saturated heterocycles. The van der Waals surface area contributed by atoms with E-state index in [0.29, 0.717) is 17.5 Å². The van der Waals surface area contributed by atoms with Gasteiger partial charge in [-0.15, -0.1) is 0 Å². The van der Waals surface area contributed by atoms with Crippen LogP contribution in [-0.2, 0) is 21.0 Å². The quantitative estimate of drug-likeness (QED) is 0.333. The van der Waals surface area contributed by atoms with E-state index in [1.165, 1.54) is 24.3 Å². The smallest absolute Gasteiger partial charge is 0.417 e. The van der Waals surface area contributed by atoms with Crippen molar-refractivity contribution < 1.29 is 31.1 Å². The molecule has 0 unspecified atom stereocenters. The number of halogens is 4. The van der Waals surface area contributed by atoms with Crippen molar-refractivity contribution in [1.82, 2.24) is 0 Å². The van der Waals surface area contributed by atoms with E-state index in [1.54, 1.807) is 13.0 Å². The number of carbonyl (C=O) groups is 1. The first kappa shape index (κ1) is 27.3. The average Bonchev–Trinajstić information content (AvgIpc) is 2.80. The molecule has 6 nitrogen and oxygen atoms in total. The molecular weight excluding hydrogens is 517 g/mol. The Morgan fingerprint density at radius 3 is 2.17 bits per heavy atom. The summed E-state index contributed by atoms with van der Waals surface area (Å²) >= 11 is 5.58. The molecule has 0 aliphatic carbocycles. The van der Waals surface area contributed by atoms with Crippen molar-refractivity contribution in [1.29, 1.82) is 0 Å². The van der Waals surface area contributed by atoms with Gasteiger partial charge in [-0.25, -0.2) is 8.42 Å². The molecule has 1 atom stereocenters. The van der Waals surface area contributed by atoms with Crippen LogP contribution >= 0.6 is 11.6 Å². The van der Waals surface area contributed by atoms with E-state index in [-0.39, 0.29) is 16.5 Å². The fourth-order valence-electron chi connectivity index (χ4n) is 3.29. The molecule has 0 spiro atoms. The van der Waals surface area contributed by atoms with Crippen molar-refractivity contribution in [2.45, 2.75) is 43.9 Å². The van der Waals surface area contributed by atoms with Gasteiger partial charge in [0.1, 0.15) is 5.75 Å². The Hall–Kier alpha value is -3.24. The molecule has 0 saturated carbocycles. The van der Waals surface area contributed by atoms with Crippen molar-refractivity contribution in [3.05, 3.63) is 82.9 Å². The summed E-state index contributed by atoms with van der Waals surface area (Å²) in [6, 6.07) is 15.3. The molecule has 11 heteroatoms. The van der Waals surface area contributed by atoms with Gasteiger partial charge >= 0.3 is 6.18 Å². The van der Waals surface area contributed by atoms with Gasteiger partial charge in [-0.05, 0) is 66.9 Å². The summed E-state index contributed by atoms with van der Waals surface area (Å²) in [5.74, 6) is 0.356. The van der Waals surface area contributed by atoms with Crippen LogP contribution in [0.3, 0.4) is 0 Å².